The first-order valence-corrected chi connectivity index (χ1v) is 5.06. The standard InChI is InChI=1S/C7H5Br2F2N/c8-3-6-4(9)1-2-5(12-6)7(10)11/h1-2,7H,3H2. The minimum Gasteiger partial charge on any atom is -0.250 e. The van der Waals surface area contributed by atoms with E-state index in [4.69, 9.17) is 0 Å². The summed E-state index contributed by atoms with van der Waals surface area (Å²) in [6, 6.07) is 2.88. The zero-order valence-electron chi connectivity index (χ0n) is 5.90. The summed E-state index contributed by atoms with van der Waals surface area (Å²) in [4.78, 5) is 3.75. The smallest absolute Gasteiger partial charge is 0.250 e. The van der Waals surface area contributed by atoms with E-state index in [9.17, 15) is 8.78 Å². The van der Waals surface area contributed by atoms with Crippen molar-refractivity contribution in [3.05, 3.63) is 28.0 Å². The van der Waals surface area contributed by atoms with E-state index >= 15 is 0 Å². The molecule has 0 aliphatic carbocycles. The largest absolute Gasteiger partial charge is 0.280 e. The molecule has 0 atom stereocenters. The molecule has 1 nitrogen and oxygen atoms in total. The van der Waals surface area contributed by atoms with Crippen molar-refractivity contribution >= 4 is 31.9 Å². The van der Waals surface area contributed by atoms with E-state index in [1.54, 1.807) is 6.07 Å². The third kappa shape index (κ3) is 2.23. The molecule has 1 heterocycles. The fourth-order valence-corrected chi connectivity index (χ4v) is 1.88. The summed E-state index contributed by atoms with van der Waals surface area (Å²) < 4.78 is 25.0. The van der Waals surface area contributed by atoms with Crippen LogP contribution in [0.4, 0.5) is 8.78 Å². The second-order valence-electron chi connectivity index (χ2n) is 2.10. The van der Waals surface area contributed by atoms with Gasteiger partial charge in [0.05, 0.1) is 5.69 Å². The maximum atomic E-state index is 12.1. The molecule has 0 aliphatic heterocycles. The molecule has 1 aromatic heterocycles. The van der Waals surface area contributed by atoms with Crippen LogP contribution in [0.1, 0.15) is 17.8 Å². The van der Waals surface area contributed by atoms with Crippen LogP contribution in [0.5, 0.6) is 0 Å². The van der Waals surface area contributed by atoms with Crippen molar-refractivity contribution in [2.75, 3.05) is 0 Å². The number of aromatic nitrogens is 1. The van der Waals surface area contributed by atoms with Crippen LogP contribution >= 0.6 is 31.9 Å². The van der Waals surface area contributed by atoms with Gasteiger partial charge in [-0.15, -0.1) is 0 Å². The van der Waals surface area contributed by atoms with Crippen LogP contribution in [0.15, 0.2) is 16.6 Å². The maximum absolute atomic E-state index is 12.1. The summed E-state index contributed by atoms with van der Waals surface area (Å²) in [6.07, 6.45) is -2.50. The van der Waals surface area contributed by atoms with E-state index in [0.29, 0.717) is 11.0 Å². The summed E-state index contributed by atoms with van der Waals surface area (Å²) in [6.45, 7) is 0. The number of halogens is 4. The van der Waals surface area contributed by atoms with Gasteiger partial charge in [0.1, 0.15) is 5.69 Å². The summed E-state index contributed by atoms with van der Waals surface area (Å²) in [5.41, 5.74) is 0.403. The van der Waals surface area contributed by atoms with Crippen LogP contribution in [0, 0.1) is 0 Å². The number of pyridine rings is 1. The van der Waals surface area contributed by atoms with Crippen molar-refractivity contribution in [2.45, 2.75) is 11.8 Å². The second kappa shape index (κ2) is 4.28. The first-order valence-electron chi connectivity index (χ1n) is 3.14. The van der Waals surface area contributed by atoms with Crippen LogP contribution in [-0.2, 0) is 5.33 Å². The third-order valence-electron chi connectivity index (χ3n) is 1.29. The fourth-order valence-electron chi connectivity index (χ4n) is 0.716. The molecular formula is C7H5Br2F2N. The molecule has 0 saturated heterocycles. The van der Waals surface area contributed by atoms with Crippen molar-refractivity contribution in [1.29, 1.82) is 0 Å². The lowest BCUT2D eigenvalue weighted by atomic mass is 10.3. The van der Waals surface area contributed by atoms with Gasteiger partial charge in [-0.25, -0.2) is 13.8 Å². The SMILES string of the molecule is FC(F)c1ccc(Br)c(CBr)n1. The monoisotopic (exact) mass is 299 g/mol. The van der Waals surface area contributed by atoms with Crippen LogP contribution in [0.2, 0.25) is 0 Å². The Labute approximate surface area is 85.4 Å². The molecular weight excluding hydrogens is 296 g/mol. The van der Waals surface area contributed by atoms with E-state index in [-0.39, 0.29) is 5.69 Å². The van der Waals surface area contributed by atoms with Gasteiger partial charge in [0.2, 0.25) is 0 Å². The number of hydrogen-bond donors (Lipinski definition) is 0. The van der Waals surface area contributed by atoms with Crippen molar-refractivity contribution in [3.63, 3.8) is 0 Å². The number of nitrogens with zero attached hydrogens (tertiary/aromatic N) is 1. The molecule has 0 spiro atoms. The van der Waals surface area contributed by atoms with E-state index in [2.05, 4.69) is 36.8 Å². The molecule has 1 rings (SSSR count). The zero-order chi connectivity index (χ0) is 9.14. The van der Waals surface area contributed by atoms with Gasteiger partial charge in [0, 0.05) is 9.80 Å². The lowest BCUT2D eigenvalue weighted by Gasteiger charge is -2.02. The molecule has 0 aliphatic rings. The molecule has 0 aromatic carbocycles. The van der Waals surface area contributed by atoms with Gasteiger partial charge in [-0.1, -0.05) is 15.9 Å². The van der Waals surface area contributed by atoms with Crippen molar-refractivity contribution in [1.82, 2.24) is 4.98 Å². The van der Waals surface area contributed by atoms with E-state index in [1.165, 1.54) is 6.07 Å². The van der Waals surface area contributed by atoms with E-state index in [1.807, 2.05) is 0 Å². The lowest BCUT2D eigenvalue weighted by Crippen LogP contribution is -1.94. The lowest BCUT2D eigenvalue weighted by molar-refractivity contribution is 0.146. The molecule has 0 radical (unpaired) electrons. The predicted molar refractivity (Wildman–Crippen MR) is 49.5 cm³/mol. The number of hydrogen-bond acceptors (Lipinski definition) is 1. The first kappa shape index (κ1) is 10.1. The fraction of sp³-hybridized carbons (Fsp3) is 0.286. The van der Waals surface area contributed by atoms with Gasteiger partial charge in [-0.05, 0) is 28.1 Å². The van der Waals surface area contributed by atoms with Gasteiger partial charge in [-0.2, -0.15) is 0 Å². The second-order valence-corrected chi connectivity index (χ2v) is 3.51. The normalized spacial score (nSPS) is 10.8. The summed E-state index contributed by atoms with van der Waals surface area (Å²) in [5.74, 6) is 0. The minimum atomic E-state index is -2.50. The Kier molecular flexibility index (Phi) is 3.58. The molecule has 66 valence electrons. The number of alkyl halides is 3. The van der Waals surface area contributed by atoms with Gasteiger partial charge < -0.3 is 0 Å². The van der Waals surface area contributed by atoms with Crippen LogP contribution in [-0.4, -0.2) is 4.98 Å². The molecule has 0 unspecified atom stereocenters. The van der Waals surface area contributed by atoms with Crippen LogP contribution in [0.25, 0.3) is 0 Å². The summed E-state index contributed by atoms with van der Waals surface area (Å²) in [7, 11) is 0. The van der Waals surface area contributed by atoms with Gasteiger partial charge in [0.25, 0.3) is 6.43 Å². The third-order valence-corrected chi connectivity index (χ3v) is 2.54. The van der Waals surface area contributed by atoms with E-state index < -0.39 is 6.43 Å². The molecule has 0 amide bonds. The predicted octanol–water partition coefficient (Wildman–Crippen LogP) is 3.68. The van der Waals surface area contributed by atoms with Gasteiger partial charge in [-0.3, -0.25) is 0 Å². The highest BCUT2D eigenvalue weighted by Crippen LogP contribution is 2.22. The summed E-state index contributed by atoms with van der Waals surface area (Å²) >= 11 is 6.36. The van der Waals surface area contributed by atoms with Crippen molar-refractivity contribution in [3.8, 4) is 0 Å². The Morgan fingerprint density at radius 3 is 2.58 bits per heavy atom. The Balaban J connectivity index is 3.05. The number of rotatable bonds is 2. The molecule has 12 heavy (non-hydrogen) atoms. The average Bonchev–Trinajstić information content (AvgIpc) is 2.05. The van der Waals surface area contributed by atoms with Gasteiger partial charge >= 0.3 is 0 Å². The Hall–Kier alpha value is -0.0300. The Morgan fingerprint density at radius 1 is 1.42 bits per heavy atom. The zero-order valence-corrected chi connectivity index (χ0v) is 9.07. The highest BCUT2D eigenvalue weighted by atomic mass is 79.9. The summed E-state index contributed by atoms with van der Waals surface area (Å²) in [5, 5.41) is 0.466. The molecule has 5 heteroatoms. The quantitative estimate of drug-likeness (QED) is 0.759. The van der Waals surface area contributed by atoms with Crippen LogP contribution in [0.3, 0.4) is 0 Å². The highest BCUT2D eigenvalue weighted by Gasteiger charge is 2.10. The topological polar surface area (TPSA) is 12.9 Å². The minimum absolute atomic E-state index is 0.187. The molecule has 0 fully saturated rings. The Morgan fingerprint density at radius 2 is 2.08 bits per heavy atom. The molecule has 0 saturated carbocycles. The molecule has 0 N–H and O–H groups in total. The van der Waals surface area contributed by atoms with Crippen molar-refractivity contribution < 1.29 is 8.78 Å². The van der Waals surface area contributed by atoms with Crippen LogP contribution < -0.4 is 0 Å². The average molecular weight is 301 g/mol. The maximum Gasteiger partial charge on any atom is 0.280 e. The van der Waals surface area contributed by atoms with Crippen molar-refractivity contribution in [2.24, 2.45) is 0 Å². The van der Waals surface area contributed by atoms with Gasteiger partial charge in [0.15, 0.2) is 0 Å². The first-order chi connectivity index (χ1) is 5.65. The Bertz CT molecular complexity index is 278. The van der Waals surface area contributed by atoms with E-state index in [0.717, 1.165) is 4.47 Å². The highest BCUT2D eigenvalue weighted by molar-refractivity contribution is 9.10. The molecule has 0 bridgehead atoms. The molecule has 1 aromatic rings.